The predicted octanol–water partition coefficient (Wildman–Crippen LogP) is 2.00. The van der Waals surface area contributed by atoms with Gasteiger partial charge in [0.15, 0.2) is 0 Å². The number of rotatable bonds is 4. The summed E-state index contributed by atoms with van der Waals surface area (Å²) < 4.78 is 0. The van der Waals surface area contributed by atoms with Gasteiger partial charge in [-0.1, -0.05) is 26.8 Å². The number of benzene rings is 1. The number of nitrogens with one attached hydrogen (secondary N) is 1. The van der Waals surface area contributed by atoms with Crippen LogP contribution in [-0.2, 0) is 5.41 Å². The van der Waals surface area contributed by atoms with E-state index >= 15 is 0 Å². The van der Waals surface area contributed by atoms with Crippen molar-refractivity contribution in [3.05, 3.63) is 39.4 Å². The van der Waals surface area contributed by atoms with E-state index in [0.717, 1.165) is 0 Å². The van der Waals surface area contributed by atoms with Crippen LogP contribution in [0.2, 0.25) is 0 Å². The van der Waals surface area contributed by atoms with Crippen molar-refractivity contribution in [3.63, 3.8) is 0 Å². The number of carbonyl (C=O) groups excluding carboxylic acids is 1. The summed E-state index contributed by atoms with van der Waals surface area (Å²) in [5.41, 5.74) is 0.344. The third kappa shape index (κ3) is 3.77. The maximum absolute atomic E-state index is 11.9. The number of nitrogens with zero attached hydrogens (tertiary/aromatic N) is 1. The average molecular weight is 280 g/mol. The van der Waals surface area contributed by atoms with Crippen LogP contribution in [-0.4, -0.2) is 28.6 Å². The molecule has 1 unspecified atom stereocenters. The highest BCUT2D eigenvalue weighted by atomic mass is 16.6. The number of hydrogen-bond acceptors (Lipinski definition) is 4. The average Bonchev–Trinajstić information content (AvgIpc) is 2.36. The number of nitro benzene ring substituents is 1. The lowest BCUT2D eigenvalue weighted by Crippen LogP contribution is -2.35. The summed E-state index contributed by atoms with van der Waals surface area (Å²) in [6.45, 7) is 7.10. The Balaban J connectivity index is 3.18. The topological polar surface area (TPSA) is 92.5 Å². The lowest BCUT2D eigenvalue weighted by atomic mass is 9.85. The van der Waals surface area contributed by atoms with E-state index in [9.17, 15) is 14.9 Å². The van der Waals surface area contributed by atoms with Gasteiger partial charge in [-0.3, -0.25) is 14.9 Å². The minimum Gasteiger partial charge on any atom is -0.394 e. The van der Waals surface area contributed by atoms with Crippen molar-refractivity contribution >= 4 is 11.6 Å². The highest BCUT2D eigenvalue weighted by Gasteiger charge is 2.26. The Labute approximate surface area is 118 Å². The minimum atomic E-state index is -0.479. The summed E-state index contributed by atoms with van der Waals surface area (Å²) in [5, 5.41) is 22.6. The van der Waals surface area contributed by atoms with Gasteiger partial charge in [0.25, 0.3) is 11.6 Å². The first-order valence-electron chi connectivity index (χ1n) is 6.37. The molecule has 0 spiro atoms. The summed E-state index contributed by atoms with van der Waals surface area (Å²) >= 11 is 0. The van der Waals surface area contributed by atoms with Gasteiger partial charge in [-0.2, -0.15) is 0 Å². The van der Waals surface area contributed by atoms with E-state index in [0.29, 0.717) is 5.56 Å². The molecule has 1 amide bonds. The van der Waals surface area contributed by atoms with Gasteiger partial charge in [0, 0.05) is 23.2 Å². The fourth-order valence-corrected chi connectivity index (χ4v) is 1.81. The van der Waals surface area contributed by atoms with Crippen molar-refractivity contribution in [1.82, 2.24) is 5.32 Å². The van der Waals surface area contributed by atoms with Gasteiger partial charge in [0.1, 0.15) is 0 Å². The molecular formula is C14H20N2O4. The molecule has 0 radical (unpaired) electrons. The van der Waals surface area contributed by atoms with Crippen LogP contribution in [0.5, 0.6) is 0 Å². The third-order valence-electron chi connectivity index (χ3n) is 2.92. The monoisotopic (exact) mass is 280 g/mol. The Morgan fingerprint density at radius 3 is 2.50 bits per heavy atom. The van der Waals surface area contributed by atoms with Crippen LogP contribution in [0.3, 0.4) is 0 Å². The van der Waals surface area contributed by atoms with Gasteiger partial charge in [-0.25, -0.2) is 0 Å². The molecular weight excluding hydrogens is 260 g/mol. The largest absolute Gasteiger partial charge is 0.394 e. The van der Waals surface area contributed by atoms with Crippen LogP contribution >= 0.6 is 0 Å². The van der Waals surface area contributed by atoms with Crippen molar-refractivity contribution in [1.29, 1.82) is 0 Å². The molecule has 1 rings (SSSR count). The first-order chi connectivity index (χ1) is 9.16. The molecule has 2 N–H and O–H groups in total. The van der Waals surface area contributed by atoms with Crippen LogP contribution in [0.4, 0.5) is 5.69 Å². The number of aliphatic hydroxyl groups is 1. The van der Waals surface area contributed by atoms with Crippen LogP contribution in [0, 0.1) is 10.1 Å². The SMILES string of the molecule is CC(CO)NC(=O)c1ccc(C(C)(C)C)c([N+](=O)[O-])c1. The maximum Gasteiger partial charge on any atom is 0.273 e. The summed E-state index contributed by atoms with van der Waals surface area (Å²) in [5.74, 6) is -0.435. The summed E-state index contributed by atoms with van der Waals surface area (Å²) in [6, 6.07) is 4.05. The van der Waals surface area contributed by atoms with Gasteiger partial charge < -0.3 is 10.4 Å². The van der Waals surface area contributed by atoms with Crippen molar-refractivity contribution in [2.75, 3.05) is 6.61 Å². The van der Waals surface area contributed by atoms with Gasteiger partial charge in [-0.15, -0.1) is 0 Å². The Morgan fingerprint density at radius 2 is 2.05 bits per heavy atom. The number of amides is 1. The van der Waals surface area contributed by atoms with E-state index in [-0.39, 0.29) is 23.3 Å². The Kier molecular flexibility index (Phi) is 4.83. The van der Waals surface area contributed by atoms with Gasteiger partial charge in [0.2, 0.25) is 0 Å². The smallest absolute Gasteiger partial charge is 0.273 e. The molecule has 0 saturated heterocycles. The molecule has 1 aromatic carbocycles. The molecule has 6 heteroatoms. The fraction of sp³-hybridized carbons (Fsp3) is 0.500. The molecule has 0 fully saturated rings. The molecule has 0 aliphatic rings. The van der Waals surface area contributed by atoms with Crippen LogP contribution < -0.4 is 5.32 Å². The van der Waals surface area contributed by atoms with Gasteiger partial charge in [0.05, 0.1) is 11.5 Å². The summed E-state index contributed by atoms with van der Waals surface area (Å²) in [6.07, 6.45) is 0. The van der Waals surface area contributed by atoms with Crippen LogP contribution in [0.25, 0.3) is 0 Å². The van der Waals surface area contributed by atoms with E-state index in [1.807, 2.05) is 20.8 Å². The zero-order valence-corrected chi connectivity index (χ0v) is 12.1. The molecule has 1 aromatic rings. The number of hydrogen-bond donors (Lipinski definition) is 2. The third-order valence-corrected chi connectivity index (χ3v) is 2.92. The zero-order valence-electron chi connectivity index (χ0n) is 12.1. The van der Waals surface area contributed by atoms with Crippen molar-refractivity contribution in [2.24, 2.45) is 0 Å². The van der Waals surface area contributed by atoms with Crippen LogP contribution in [0.15, 0.2) is 18.2 Å². The Morgan fingerprint density at radius 1 is 1.45 bits per heavy atom. The molecule has 0 aliphatic carbocycles. The summed E-state index contributed by atoms with van der Waals surface area (Å²) in [4.78, 5) is 22.6. The van der Waals surface area contributed by atoms with Gasteiger partial charge in [-0.05, 0) is 18.4 Å². The first kappa shape index (κ1) is 16.1. The molecule has 20 heavy (non-hydrogen) atoms. The molecule has 0 heterocycles. The predicted molar refractivity (Wildman–Crippen MR) is 75.8 cm³/mol. The van der Waals surface area contributed by atoms with E-state index in [1.165, 1.54) is 6.07 Å². The highest BCUT2D eigenvalue weighted by Crippen LogP contribution is 2.31. The van der Waals surface area contributed by atoms with E-state index in [1.54, 1.807) is 19.1 Å². The maximum atomic E-state index is 11.9. The number of carbonyl (C=O) groups is 1. The standard InChI is InChI=1S/C14H20N2O4/c1-9(8-17)15-13(18)10-5-6-11(14(2,3)4)12(7-10)16(19)20/h5-7,9,17H,8H2,1-4H3,(H,15,18). The molecule has 0 aromatic heterocycles. The van der Waals surface area contributed by atoms with Crippen LogP contribution in [0.1, 0.15) is 43.6 Å². The van der Waals surface area contributed by atoms with Gasteiger partial charge >= 0.3 is 0 Å². The van der Waals surface area contributed by atoms with E-state index < -0.39 is 16.9 Å². The Hall–Kier alpha value is -1.95. The summed E-state index contributed by atoms with van der Waals surface area (Å²) in [7, 11) is 0. The molecule has 6 nitrogen and oxygen atoms in total. The lowest BCUT2D eigenvalue weighted by molar-refractivity contribution is -0.386. The minimum absolute atomic E-state index is 0.0678. The van der Waals surface area contributed by atoms with Crippen molar-refractivity contribution in [2.45, 2.75) is 39.2 Å². The molecule has 110 valence electrons. The number of aliphatic hydroxyl groups excluding tert-OH is 1. The molecule has 0 aliphatic heterocycles. The fourth-order valence-electron chi connectivity index (χ4n) is 1.81. The lowest BCUT2D eigenvalue weighted by Gasteiger charge is -2.19. The molecule has 0 saturated carbocycles. The Bertz CT molecular complexity index is 520. The second-order valence-corrected chi connectivity index (χ2v) is 5.80. The molecule has 0 bridgehead atoms. The molecule has 1 atom stereocenters. The highest BCUT2D eigenvalue weighted by molar-refractivity contribution is 5.95. The second-order valence-electron chi connectivity index (χ2n) is 5.80. The quantitative estimate of drug-likeness (QED) is 0.651. The van der Waals surface area contributed by atoms with E-state index in [4.69, 9.17) is 5.11 Å². The van der Waals surface area contributed by atoms with Crippen molar-refractivity contribution < 1.29 is 14.8 Å². The van der Waals surface area contributed by atoms with Crippen molar-refractivity contribution in [3.8, 4) is 0 Å². The zero-order chi connectivity index (χ0) is 15.5. The van der Waals surface area contributed by atoms with E-state index in [2.05, 4.69) is 5.32 Å². The first-order valence-corrected chi connectivity index (χ1v) is 6.37. The normalized spacial score (nSPS) is 12.8. The number of nitro groups is 1. The second kappa shape index (κ2) is 6.00.